The van der Waals surface area contributed by atoms with Gasteiger partial charge in [0.2, 0.25) is 11.7 Å². The van der Waals surface area contributed by atoms with Crippen LogP contribution in [-0.2, 0) is 11.2 Å². The molecule has 26 heavy (non-hydrogen) atoms. The van der Waals surface area contributed by atoms with Crippen LogP contribution >= 0.6 is 0 Å². The maximum Gasteiger partial charge on any atom is 0.226 e. The summed E-state index contributed by atoms with van der Waals surface area (Å²) in [6, 6.07) is 8.28. The lowest BCUT2D eigenvalue weighted by Crippen LogP contribution is -2.19. The summed E-state index contributed by atoms with van der Waals surface area (Å²) in [4.78, 5) is 9.43. The number of aryl methyl sites for hydroxylation is 2. The third-order valence-corrected chi connectivity index (χ3v) is 4.74. The van der Waals surface area contributed by atoms with Gasteiger partial charge in [-0.2, -0.15) is 4.98 Å². The topological polar surface area (TPSA) is 73.1 Å². The van der Waals surface area contributed by atoms with Gasteiger partial charge < -0.3 is 14.6 Å². The second-order valence-corrected chi connectivity index (χ2v) is 6.81. The van der Waals surface area contributed by atoms with E-state index in [2.05, 4.69) is 47.5 Å². The highest BCUT2D eigenvalue weighted by Gasteiger charge is 2.19. The molecule has 0 spiro atoms. The summed E-state index contributed by atoms with van der Waals surface area (Å²) in [7, 11) is 0. The molecule has 1 aliphatic heterocycles. The molecular formula is C20H24N4O2. The third kappa shape index (κ3) is 3.42. The zero-order valence-corrected chi connectivity index (χ0v) is 15.3. The standard InChI is InChI=1S/C20H24N4O2/c1-3-6-17-22-20(24-26-17)16-11-14-8-4-7-13(2)18(14)23-19(16)21-12-15-9-5-10-25-15/h4,7-8,11,15H,3,5-6,9-10,12H2,1-2H3,(H,21,23)/t15-/m0/s1. The van der Waals surface area contributed by atoms with E-state index in [1.807, 2.05) is 6.07 Å². The first-order valence-electron chi connectivity index (χ1n) is 9.33. The summed E-state index contributed by atoms with van der Waals surface area (Å²) < 4.78 is 11.1. The van der Waals surface area contributed by atoms with Crippen LogP contribution in [0.1, 0.15) is 37.6 Å². The minimum absolute atomic E-state index is 0.234. The number of anilines is 1. The Hall–Kier alpha value is -2.47. The van der Waals surface area contributed by atoms with Crippen molar-refractivity contribution in [2.45, 2.75) is 45.6 Å². The van der Waals surface area contributed by atoms with Gasteiger partial charge in [0.15, 0.2) is 0 Å². The molecule has 1 atom stereocenters. The molecule has 136 valence electrons. The minimum Gasteiger partial charge on any atom is -0.376 e. The van der Waals surface area contributed by atoms with Crippen LogP contribution in [0.15, 0.2) is 28.8 Å². The number of hydrogen-bond donors (Lipinski definition) is 1. The Balaban J connectivity index is 1.73. The van der Waals surface area contributed by atoms with Gasteiger partial charge in [-0.1, -0.05) is 30.3 Å². The van der Waals surface area contributed by atoms with Crippen LogP contribution in [0.4, 0.5) is 5.82 Å². The van der Waals surface area contributed by atoms with Crippen LogP contribution in [0, 0.1) is 6.92 Å². The average Bonchev–Trinajstić information content (AvgIpc) is 3.32. The molecule has 2 aromatic heterocycles. The molecule has 0 aliphatic carbocycles. The Labute approximate surface area is 153 Å². The first-order chi connectivity index (χ1) is 12.7. The number of nitrogens with zero attached hydrogens (tertiary/aromatic N) is 3. The zero-order chi connectivity index (χ0) is 17.9. The quantitative estimate of drug-likeness (QED) is 0.719. The molecular weight excluding hydrogens is 328 g/mol. The summed E-state index contributed by atoms with van der Waals surface area (Å²) in [5.41, 5.74) is 3.00. The van der Waals surface area contributed by atoms with Gasteiger partial charge in [0.05, 0.1) is 17.2 Å². The fourth-order valence-electron chi connectivity index (χ4n) is 3.35. The molecule has 0 radical (unpaired) electrons. The predicted molar refractivity (Wildman–Crippen MR) is 101 cm³/mol. The summed E-state index contributed by atoms with van der Waals surface area (Å²) >= 11 is 0. The van der Waals surface area contributed by atoms with Crippen molar-refractivity contribution in [1.29, 1.82) is 0 Å². The van der Waals surface area contributed by atoms with E-state index in [0.29, 0.717) is 11.7 Å². The number of aromatic nitrogens is 3. The van der Waals surface area contributed by atoms with Crippen molar-refractivity contribution in [3.63, 3.8) is 0 Å². The van der Waals surface area contributed by atoms with Gasteiger partial charge >= 0.3 is 0 Å². The molecule has 6 heteroatoms. The van der Waals surface area contributed by atoms with E-state index >= 15 is 0 Å². The summed E-state index contributed by atoms with van der Waals surface area (Å²) in [6.07, 6.45) is 4.19. The van der Waals surface area contributed by atoms with Crippen LogP contribution < -0.4 is 5.32 Å². The van der Waals surface area contributed by atoms with Gasteiger partial charge in [0.25, 0.3) is 0 Å². The predicted octanol–water partition coefficient (Wildman–Crippen LogP) is 4.14. The summed E-state index contributed by atoms with van der Waals surface area (Å²) in [5.74, 6) is 2.03. The molecule has 1 aromatic carbocycles. The van der Waals surface area contributed by atoms with Crippen molar-refractivity contribution in [1.82, 2.24) is 15.1 Å². The van der Waals surface area contributed by atoms with Gasteiger partial charge in [0, 0.05) is 25.0 Å². The molecule has 1 N–H and O–H groups in total. The minimum atomic E-state index is 0.234. The highest BCUT2D eigenvalue weighted by Crippen LogP contribution is 2.30. The molecule has 0 bridgehead atoms. The number of rotatable bonds is 6. The van der Waals surface area contributed by atoms with Gasteiger partial charge in [-0.25, -0.2) is 4.98 Å². The number of pyridine rings is 1. The van der Waals surface area contributed by atoms with Crippen LogP contribution in [0.5, 0.6) is 0 Å². The van der Waals surface area contributed by atoms with Crippen LogP contribution in [0.3, 0.4) is 0 Å². The van der Waals surface area contributed by atoms with E-state index in [4.69, 9.17) is 14.2 Å². The Morgan fingerprint density at radius 1 is 1.27 bits per heavy atom. The Morgan fingerprint density at radius 2 is 2.19 bits per heavy atom. The fourth-order valence-corrected chi connectivity index (χ4v) is 3.35. The second-order valence-electron chi connectivity index (χ2n) is 6.81. The lowest BCUT2D eigenvalue weighted by Gasteiger charge is -2.14. The largest absolute Gasteiger partial charge is 0.376 e. The maximum atomic E-state index is 5.73. The average molecular weight is 352 g/mol. The van der Waals surface area contributed by atoms with Gasteiger partial charge in [-0.05, 0) is 37.8 Å². The smallest absolute Gasteiger partial charge is 0.226 e. The van der Waals surface area contributed by atoms with Crippen molar-refractivity contribution < 1.29 is 9.26 Å². The van der Waals surface area contributed by atoms with Crippen molar-refractivity contribution in [2.75, 3.05) is 18.5 Å². The van der Waals surface area contributed by atoms with Crippen molar-refractivity contribution in [3.8, 4) is 11.4 Å². The van der Waals surface area contributed by atoms with Crippen LogP contribution in [-0.4, -0.2) is 34.4 Å². The lowest BCUT2D eigenvalue weighted by molar-refractivity contribution is 0.120. The highest BCUT2D eigenvalue weighted by molar-refractivity contribution is 5.89. The molecule has 1 fully saturated rings. The van der Waals surface area contributed by atoms with Crippen molar-refractivity contribution >= 4 is 16.7 Å². The molecule has 1 saturated heterocycles. The van der Waals surface area contributed by atoms with E-state index in [9.17, 15) is 0 Å². The summed E-state index contributed by atoms with van der Waals surface area (Å²) in [5, 5.41) is 8.71. The Kier molecular flexibility index (Phi) is 4.84. The van der Waals surface area contributed by atoms with E-state index in [1.54, 1.807) is 0 Å². The highest BCUT2D eigenvalue weighted by atomic mass is 16.5. The van der Waals surface area contributed by atoms with E-state index in [-0.39, 0.29) is 6.10 Å². The van der Waals surface area contributed by atoms with E-state index in [0.717, 1.165) is 66.7 Å². The van der Waals surface area contributed by atoms with E-state index < -0.39 is 0 Å². The van der Waals surface area contributed by atoms with Crippen molar-refractivity contribution in [3.05, 3.63) is 35.7 Å². The molecule has 3 aromatic rings. The molecule has 4 rings (SSSR count). The maximum absolute atomic E-state index is 5.73. The molecule has 6 nitrogen and oxygen atoms in total. The lowest BCUT2D eigenvalue weighted by atomic mass is 10.1. The number of hydrogen-bond acceptors (Lipinski definition) is 6. The number of para-hydroxylation sites is 1. The summed E-state index contributed by atoms with van der Waals surface area (Å²) in [6.45, 7) is 5.75. The third-order valence-electron chi connectivity index (χ3n) is 4.74. The normalized spacial score (nSPS) is 17.1. The number of fused-ring (bicyclic) bond motifs is 1. The molecule has 0 saturated carbocycles. The molecule has 1 aliphatic rings. The van der Waals surface area contributed by atoms with Gasteiger partial charge in [-0.3, -0.25) is 0 Å². The number of nitrogens with one attached hydrogen (secondary N) is 1. The number of benzene rings is 1. The molecule has 3 heterocycles. The van der Waals surface area contributed by atoms with Crippen LogP contribution in [0.2, 0.25) is 0 Å². The first kappa shape index (κ1) is 17.0. The van der Waals surface area contributed by atoms with E-state index in [1.165, 1.54) is 0 Å². The Bertz CT molecular complexity index is 900. The zero-order valence-electron chi connectivity index (χ0n) is 15.3. The fraction of sp³-hybridized carbons (Fsp3) is 0.450. The Morgan fingerprint density at radius 3 is 3.00 bits per heavy atom. The molecule has 0 unspecified atom stereocenters. The van der Waals surface area contributed by atoms with Crippen molar-refractivity contribution in [2.24, 2.45) is 0 Å². The second kappa shape index (κ2) is 7.41. The van der Waals surface area contributed by atoms with Crippen LogP contribution in [0.25, 0.3) is 22.3 Å². The van der Waals surface area contributed by atoms with Gasteiger partial charge in [0.1, 0.15) is 5.82 Å². The monoisotopic (exact) mass is 352 g/mol. The first-order valence-corrected chi connectivity index (χ1v) is 9.33. The SMILES string of the molecule is CCCc1nc(-c2cc3cccc(C)c3nc2NC[C@@H]2CCCO2)no1. The number of ether oxygens (including phenoxy) is 1. The van der Waals surface area contributed by atoms with Gasteiger partial charge in [-0.15, -0.1) is 0 Å². The molecule has 0 amide bonds.